The molecule has 0 aromatic heterocycles. The summed E-state index contributed by atoms with van der Waals surface area (Å²) in [6.45, 7) is 6.67. The maximum Gasteiger partial charge on any atom is 0.0591 e. The zero-order chi connectivity index (χ0) is 11.8. The molecule has 0 amide bonds. The van der Waals surface area contributed by atoms with Gasteiger partial charge in [0.15, 0.2) is 0 Å². The Hall–Kier alpha value is -0.380. The summed E-state index contributed by atoms with van der Waals surface area (Å²) in [5, 5.41) is 0. The van der Waals surface area contributed by atoms with Crippen molar-refractivity contribution >= 4 is 15.9 Å². The molecule has 1 aromatic rings. The predicted molar refractivity (Wildman–Crippen MR) is 69.5 cm³/mol. The first kappa shape index (κ1) is 12.1. The number of nitrogens with two attached hydrogens (primary N) is 1. The summed E-state index contributed by atoms with van der Waals surface area (Å²) in [6.07, 6.45) is 0. The molecule has 1 heterocycles. The van der Waals surface area contributed by atoms with E-state index in [1.54, 1.807) is 0 Å². The van der Waals surface area contributed by atoms with E-state index in [0.717, 1.165) is 17.7 Å². The fourth-order valence-corrected chi connectivity index (χ4v) is 2.48. The van der Waals surface area contributed by atoms with E-state index < -0.39 is 0 Å². The number of benzene rings is 1. The van der Waals surface area contributed by atoms with Crippen LogP contribution in [0, 0.1) is 5.41 Å². The van der Waals surface area contributed by atoms with Crippen LogP contribution in [0.4, 0.5) is 0 Å². The van der Waals surface area contributed by atoms with Crippen LogP contribution in [-0.2, 0) is 10.2 Å². The molecule has 2 rings (SSSR count). The number of rotatable bonds is 3. The van der Waals surface area contributed by atoms with Crippen molar-refractivity contribution in [3.8, 4) is 0 Å². The van der Waals surface area contributed by atoms with Crippen LogP contribution in [0.1, 0.15) is 19.4 Å². The lowest BCUT2D eigenvalue weighted by atomic mass is 9.60. The molecule has 88 valence electrons. The maximum atomic E-state index is 5.90. The summed E-state index contributed by atoms with van der Waals surface area (Å²) in [6, 6.07) is 8.51. The van der Waals surface area contributed by atoms with Gasteiger partial charge in [-0.1, -0.05) is 41.9 Å². The third-order valence-electron chi connectivity index (χ3n) is 3.90. The van der Waals surface area contributed by atoms with Gasteiger partial charge < -0.3 is 10.5 Å². The summed E-state index contributed by atoms with van der Waals surface area (Å²) in [5.74, 6) is 0. The SMILES string of the molecule is CC(C)(CN)C1(c2ccc(Br)cc2)COC1. The zero-order valence-corrected chi connectivity index (χ0v) is 11.4. The highest BCUT2D eigenvalue weighted by Crippen LogP contribution is 2.46. The van der Waals surface area contributed by atoms with Crippen molar-refractivity contribution in [1.29, 1.82) is 0 Å². The molecular formula is C13H18BrNO. The Kier molecular flexibility index (Phi) is 3.12. The lowest BCUT2D eigenvalue weighted by Gasteiger charge is -2.52. The van der Waals surface area contributed by atoms with Crippen LogP contribution >= 0.6 is 15.9 Å². The molecule has 1 saturated heterocycles. The van der Waals surface area contributed by atoms with E-state index >= 15 is 0 Å². The van der Waals surface area contributed by atoms with Crippen molar-refractivity contribution in [1.82, 2.24) is 0 Å². The van der Waals surface area contributed by atoms with Crippen LogP contribution in [0.2, 0.25) is 0 Å². The van der Waals surface area contributed by atoms with Gasteiger partial charge in [-0.25, -0.2) is 0 Å². The average Bonchev–Trinajstić information content (AvgIpc) is 2.19. The highest BCUT2D eigenvalue weighted by molar-refractivity contribution is 9.10. The fourth-order valence-electron chi connectivity index (χ4n) is 2.22. The maximum absolute atomic E-state index is 5.90. The van der Waals surface area contributed by atoms with Crippen LogP contribution < -0.4 is 5.73 Å². The van der Waals surface area contributed by atoms with Crippen molar-refractivity contribution in [3.63, 3.8) is 0 Å². The third-order valence-corrected chi connectivity index (χ3v) is 4.43. The van der Waals surface area contributed by atoms with Gasteiger partial charge in [-0.05, 0) is 29.7 Å². The van der Waals surface area contributed by atoms with Gasteiger partial charge in [-0.3, -0.25) is 0 Å². The Morgan fingerprint density at radius 3 is 2.25 bits per heavy atom. The number of ether oxygens (including phenoxy) is 1. The fraction of sp³-hybridized carbons (Fsp3) is 0.538. The standard InChI is InChI=1S/C13H18BrNO/c1-12(2,7-15)13(8-16-9-13)10-3-5-11(14)6-4-10/h3-6H,7-9,15H2,1-2H3. The van der Waals surface area contributed by atoms with Crippen LogP contribution in [0.25, 0.3) is 0 Å². The van der Waals surface area contributed by atoms with Gasteiger partial charge in [0.25, 0.3) is 0 Å². The van der Waals surface area contributed by atoms with Crippen molar-refractivity contribution < 1.29 is 4.74 Å². The second-order valence-corrected chi connectivity index (χ2v) is 6.09. The topological polar surface area (TPSA) is 35.2 Å². The quantitative estimate of drug-likeness (QED) is 0.926. The largest absolute Gasteiger partial charge is 0.379 e. The number of hydrogen-bond donors (Lipinski definition) is 1. The smallest absolute Gasteiger partial charge is 0.0591 e. The molecular weight excluding hydrogens is 266 g/mol. The molecule has 0 unspecified atom stereocenters. The number of hydrogen-bond acceptors (Lipinski definition) is 2. The van der Waals surface area contributed by atoms with Gasteiger partial charge in [0.05, 0.1) is 13.2 Å². The predicted octanol–water partition coefficient (Wildman–Crippen LogP) is 2.70. The van der Waals surface area contributed by atoms with Gasteiger partial charge in [0.1, 0.15) is 0 Å². The summed E-state index contributed by atoms with van der Waals surface area (Å²) < 4.78 is 6.55. The van der Waals surface area contributed by atoms with Gasteiger partial charge in [-0.15, -0.1) is 0 Å². The van der Waals surface area contributed by atoms with Crippen molar-refractivity contribution in [3.05, 3.63) is 34.3 Å². The van der Waals surface area contributed by atoms with E-state index in [1.807, 2.05) is 0 Å². The minimum atomic E-state index is 0.0685. The van der Waals surface area contributed by atoms with Crippen LogP contribution in [0.15, 0.2) is 28.7 Å². The van der Waals surface area contributed by atoms with Gasteiger partial charge in [0.2, 0.25) is 0 Å². The number of halogens is 1. The lowest BCUT2D eigenvalue weighted by Crippen LogP contribution is -2.59. The minimum absolute atomic E-state index is 0.0685. The van der Waals surface area contributed by atoms with Gasteiger partial charge in [0, 0.05) is 9.89 Å². The Morgan fingerprint density at radius 1 is 1.31 bits per heavy atom. The second-order valence-electron chi connectivity index (χ2n) is 5.17. The molecule has 3 heteroatoms. The lowest BCUT2D eigenvalue weighted by molar-refractivity contribution is -0.116. The molecule has 1 aromatic carbocycles. The van der Waals surface area contributed by atoms with E-state index in [2.05, 4.69) is 54.0 Å². The third kappa shape index (κ3) is 1.71. The van der Waals surface area contributed by atoms with Crippen molar-refractivity contribution in [2.75, 3.05) is 19.8 Å². The van der Waals surface area contributed by atoms with Crippen LogP contribution in [0.3, 0.4) is 0 Å². The highest BCUT2D eigenvalue weighted by Gasteiger charge is 2.51. The molecule has 0 spiro atoms. The van der Waals surface area contributed by atoms with Crippen LogP contribution in [0.5, 0.6) is 0 Å². The van der Waals surface area contributed by atoms with Crippen LogP contribution in [-0.4, -0.2) is 19.8 Å². The molecule has 16 heavy (non-hydrogen) atoms. The molecule has 1 aliphatic rings. The summed E-state index contributed by atoms with van der Waals surface area (Å²) in [7, 11) is 0. The molecule has 1 aliphatic heterocycles. The van der Waals surface area contributed by atoms with Crippen molar-refractivity contribution in [2.24, 2.45) is 11.1 Å². The Bertz CT molecular complexity index is 368. The Morgan fingerprint density at radius 2 is 1.88 bits per heavy atom. The molecule has 2 N–H and O–H groups in total. The van der Waals surface area contributed by atoms with E-state index in [1.165, 1.54) is 5.56 Å². The van der Waals surface area contributed by atoms with Crippen molar-refractivity contribution in [2.45, 2.75) is 19.3 Å². The molecule has 1 fully saturated rings. The summed E-state index contributed by atoms with van der Waals surface area (Å²) >= 11 is 3.46. The molecule has 2 nitrogen and oxygen atoms in total. The van der Waals surface area contributed by atoms with Gasteiger partial charge in [-0.2, -0.15) is 0 Å². The molecule has 0 saturated carbocycles. The molecule has 0 atom stereocenters. The van der Waals surface area contributed by atoms with E-state index in [4.69, 9.17) is 10.5 Å². The highest BCUT2D eigenvalue weighted by atomic mass is 79.9. The first-order valence-corrected chi connectivity index (χ1v) is 6.35. The second kappa shape index (κ2) is 4.13. The molecule has 0 aliphatic carbocycles. The first-order chi connectivity index (χ1) is 7.52. The first-order valence-electron chi connectivity index (χ1n) is 5.56. The zero-order valence-electron chi connectivity index (χ0n) is 9.79. The Labute approximate surface area is 105 Å². The minimum Gasteiger partial charge on any atom is -0.379 e. The molecule has 0 radical (unpaired) electrons. The van der Waals surface area contributed by atoms with E-state index in [0.29, 0.717) is 6.54 Å². The normalized spacial score (nSPS) is 19.2. The monoisotopic (exact) mass is 283 g/mol. The average molecular weight is 284 g/mol. The summed E-state index contributed by atoms with van der Waals surface area (Å²) in [5.41, 5.74) is 7.39. The molecule has 0 bridgehead atoms. The summed E-state index contributed by atoms with van der Waals surface area (Å²) in [4.78, 5) is 0. The van der Waals surface area contributed by atoms with E-state index in [9.17, 15) is 0 Å². The Balaban J connectivity index is 2.39. The van der Waals surface area contributed by atoms with E-state index in [-0.39, 0.29) is 10.8 Å². The van der Waals surface area contributed by atoms with Gasteiger partial charge >= 0.3 is 0 Å².